The number of aryl methyl sites for hydroxylation is 3. The van der Waals surface area contributed by atoms with Gasteiger partial charge >= 0.3 is 0 Å². The SMILES string of the molecule is CCC(=O)N(O)c1cccc(C)c1COc1ccc(C)cc1C. The molecular weight excluding hydrogens is 290 g/mol. The quantitative estimate of drug-likeness (QED) is 0.660. The molecule has 2 rings (SSSR count). The molecule has 23 heavy (non-hydrogen) atoms. The summed E-state index contributed by atoms with van der Waals surface area (Å²) in [5.74, 6) is 0.458. The minimum absolute atomic E-state index is 0.238. The van der Waals surface area contributed by atoms with Crippen LogP contribution in [0.4, 0.5) is 5.69 Å². The van der Waals surface area contributed by atoms with E-state index in [1.54, 1.807) is 13.0 Å². The Morgan fingerprint density at radius 3 is 2.52 bits per heavy atom. The molecule has 122 valence electrons. The summed E-state index contributed by atoms with van der Waals surface area (Å²) in [5.41, 5.74) is 4.49. The molecule has 0 aliphatic heterocycles. The van der Waals surface area contributed by atoms with E-state index in [9.17, 15) is 10.0 Å². The van der Waals surface area contributed by atoms with E-state index in [2.05, 4.69) is 6.07 Å². The fraction of sp³-hybridized carbons (Fsp3) is 0.316. The van der Waals surface area contributed by atoms with Gasteiger partial charge in [-0.25, -0.2) is 0 Å². The van der Waals surface area contributed by atoms with Crippen molar-refractivity contribution in [2.75, 3.05) is 5.06 Å². The molecule has 4 heteroatoms. The van der Waals surface area contributed by atoms with Crippen molar-refractivity contribution >= 4 is 11.6 Å². The van der Waals surface area contributed by atoms with E-state index in [0.717, 1.165) is 22.4 Å². The molecule has 0 fully saturated rings. The third-order valence-corrected chi connectivity index (χ3v) is 3.85. The average Bonchev–Trinajstić information content (AvgIpc) is 2.53. The zero-order valence-electron chi connectivity index (χ0n) is 14.1. The first-order chi connectivity index (χ1) is 10.9. The van der Waals surface area contributed by atoms with Gasteiger partial charge in [0.1, 0.15) is 12.4 Å². The topological polar surface area (TPSA) is 49.8 Å². The van der Waals surface area contributed by atoms with Crippen LogP contribution in [-0.2, 0) is 11.4 Å². The summed E-state index contributed by atoms with van der Waals surface area (Å²) >= 11 is 0. The van der Waals surface area contributed by atoms with E-state index in [1.165, 1.54) is 5.56 Å². The highest BCUT2D eigenvalue weighted by Gasteiger charge is 2.17. The maximum Gasteiger partial charge on any atom is 0.250 e. The number of carbonyl (C=O) groups excluding carboxylic acids is 1. The monoisotopic (exact) mass is 313 g/mol. The van der Waals surface area contributed by atoms with Crippen molar-refractivity contribution < 1.29 is 14.7 Å². The zero-order valence-corrected chi connectivity index (χ0v) is 14.1. The second kappa shape index (κ2) is 7.29. The molecule has 0 unspecified atom stereocenters. The van der Waals surface area contributed by atoms with Crippen molar-refractivity contribution in [2.24, 2.45) is 0 Å². The van der Waals surface area contributed by atoms with Crippen LogP contribution in [0.1, 0.15) is 35.6 Å². The molecule has 0 heterocycles. The van der Waals surface area contributed by atoms with E-state index >= 15 is 0 Å². The Morgan fingerprint density at radius 2 is 1.87 bits per heavy atom. The number of anilines is 1. The molecule has 0 bridgehead atoms. The lowest BCUT2D eigenvalue weighted by atomic mass is 10.1. The van der Waals surface area contributed by atoms with Crippen LogP contribution < -0.4 is 9.80 Å². The van der Waals surface area contributed by atoms with Crippen molar-refractivity contribution in [2.45, 2.75) is 40.7 Å². The van der Waals surface area contributed by atoms with Gasteiger partial charge in [0, 0.05) is 12.0 Å². The van der Waals surface area contributed by atoms with Crippen LogP contribution in [0, 0.1) is 20.8 Å². The highest BCUT2D eigenvalue weighted by molar-refractivity contribution is 5.91. The summed E-state index contributed by atoms with van der Waals surface area (Å²) in [4.78, 5) is 11.8. The Morgan fingerprint density at radius 1 is 1.13 bits per heavy atom. The predicted molar refractivity (Wildman–Crippen MR) is 91.0 cm³/mol. The fourth-order valence-electron chi connectivity index (χ4n) is 2.47. The fourth-order valence-corrected chi connectivity index (χ4v) is 2.47. The molecule has 0 atom stereocenters. The number of hydrogen-bond donors (Lipinski definition) is 1. The summed E-state index contributed by atoms with van der Waals surface area (Å²) in [6.07, 6.45) is 0.238. The lowest BCUT2D eigenvalue weighted by Crippen LogP contribution is -2.27. The molecule has 1 amide bonds. The van der Waals surface area contributed by atoms with Crippen molar-refractivity contribution in [3.63, 3.8) is 0 Å². The average molecular weight is 313 g/mol. The first-order valence-electron chi connectivity index (χ1n) is 7.74. The number of amides is 1. The van der Waals surface area contributed by atoms with Crippen LogP contribution in [-0.4, -0.2) is 11.1 Å². The summed E-state index contributed by atoms with van der Waals surface area (Å²) in [6.45, 7) is 7.98. The predicted octanol–water partition coefficient (Wildman–Crippen LogP) is 4.32. The molecule has 0 spiro atoms. The van der Waals surface area contributed by atoms with E-state index < -0.39 is 0 Å². The third kappa shape index (κ3) is 3.90. The molecule has 2 aromatic carbocycles. The molecule has 1 N–H and O–H groups in total. The van der Waals surface area contributed by atoms with Crippen LogP contribution in [0.2, 0.25) is 0 Å². The van der Waals surface area contributed by atoms with Gasteiger partial charge < -0.3 is 4.74 Å². The lowest BCUT2D eigenvalue weighted by Gasteiger charge is -2.20. The van der Waals surface area contributed by atoms with Crippen molar-refractivity contribution in [1.82, 2.24) is 0 Å². The summed E-state index contributed by atoms with van der Waals surface area (Å²) in [5, 5.41) is 10.8. The summed E-state index contributed by atoms with van der Waals surface area (Å²) < 4.78 is 5.91. The van der Waals surface area contributed by atoms with Gasteiger partial charge in [-0.15, -0.1) is 0 Å². The Balaban J connectivity index is 2.27. The molecule has 0 aromatic heterocycles. The minimum atomic E-state index is -0.344. The van der Waals surface area contributed by atoms with Gasteiger partial charge in [-0.2, -0.15) is 5.06 Å². The molecule has 0 radical (unpaired) electrons. The molecule has 2 aromatic rings. The largest absolute Gasteiger partial charge is 0.489 e. The molecule has 0 aliphatic carbocycles. The number of ether oxygens (including phenoxy) is 1. The minimum Gasteiger partial charge on any atom is -0.489 e. The second-order valence-electron chi connectivity index (χ2n) is 5.69. The number of nitrogens with zero attached hydrogens (tertiary/aromatic N) is 1. The zero-order chi connectivity index (χ0) is 17.0. The van der Waals surface area contributed by atoms with Gasteiger partial charge in [0.2, 0.25) is 5.91 Å². The van der Waals surface area contributed by atoms with E-state index in [-0.39, 0.29) is 12.3 Å². The Bertz CT molecular complexity index is 710. The maximum atomic E-state index is 11.8. The number of hydroxylamine groups is 1. The Labute approximate surface area is 137 Å². The van der Waals surface area contributed by atoms with Crippen molar-refractivity contribution in [3.8, 4) is 5.75 Å². The third-order valence-electron chi connectivity index (χ3n) is 3.85. The van der Waals surface area contributed by atoms with Gasteiger partial charge in [-0.3, -0.25) is 10.0 Å². The smallest absolute Gasteiger partial charge is 0.250 e. The van der Waals surface area contributed by atoms with Gasteiger partial charge in [0.05, 0.1) is 5.69 Å². The first-order valence-corrected chi connectivity index (χ1v) is 7.74. The first kappa shape index (κ1) is 17.0. The van der Waals surface area contributed by atoms with Crippen LogP contribution in [0.3, 0.4) is 0 Å². The van der Waals surface area contributed by atoms with Gasteiger partial charge in [-0.05, 0) is 44.0 Å². The molecule has 0 saturated heterocycles. The van der Waals surface area contributed by atoms with E-state index in [4.69, 9.17) is 4.74 Å². The lowest BCUT2D eigenvalue weighted by molar-refractivity contribution is -0.123. The summed E-state index contributed by atoms with van der Waals surface area (Å²) in [6, 6.07) is 11.5. The van der Waals surface area contributed by atoms with E-state index in [1.807, 2.05) is 45.0 Å². The number of benzene rings is 2. The number of carbonyl (C=O) groups is 1. The summed E-state index contributed by atoms with van der Waals surface area (Å²) in [7, 11) is 0. The van der Waals surface area contributed by atoms with Gasteiger partial charge in [-0.1, -0.05) is 36.8 Å². The van der Waals surface area contributed by atoms with Gasteiger partial charge in [0.15, 0.2) is 0 Å². The van der Waals surface area contributed by atoms with Crippen LogP contribution in [0.5, 0.6) is 5.75 Å². The van der Waals surface area contributed by atoms with E-state index in [0.29, 0.717) is 17.4 Å². The normalized spacial score (nSPS) is 10.5. The maximum absolute atomic E-state index is 11.8. The number of rotatable bonds is 5. The highest BCUT2D eigenvalue weighted by Crippen LogP contribution is 2.26. The Kier molecular flexibility index (Phi) is 5.40. The standard InChI is InChI=1S/C19H23NO3/c1-5-19(21)20(22)17-8-6-7-14(3)16(17)12-23-18-10-9-13(2)11-15(18)4/h6-11,22H,5,12H2,1-4H3. The molecule has 0 saturated carbocycles. The van der Waals surface area contributed by atoms with Crippen molar-refractivity contribution in [1.29, 1.82) is 0 Å². The number of hydrogen-bond acceptors (Lipinski definition) is 3. The molecule has 0 aliphatic rings. The van der Waals surface area contributed by atoms with Crippen LogP contribution in [0.15, 0.2) is 36.4 Å². The Hall–Kier alpha value is -2.33. The molecule has 4 nitrogen and oxygen atoms in total. The second-order valence-corrected chi connectivity index (χ2v) is 5.69. The van der Waals surface area contributed by atoms with Crippen molar-refractivity contribution in [3.05, 3.63) is 58.7 Å². The molecular formula is C19H23NO3. The van der Waals surface area contributed by atoms with Crippen LogP contribution in [0.25, 0.3) is 0 Å². The van der Waals surface area contributed by atoms with Crippen LogP contribution >= 0.6 is 0 Å². The highest BCUT2D eigenvalue weighted by atomic mass is 16.5. The van der Waals surface area contributed by atoms with Gasteiger partial charge in [0.25, 0.3) is 0 Å².